The zero-order valence-electron chi connectivity index (χ0n) is 11.2. The molecule has 0 fully saturated rings. The average molecular weight is 248 g/mol. The highest BCUT2D eigenvalue weighted by atomic mass is 16.7. The first-order valence-electron chi connectivity index (χ1n) is 5.76. The van der Waals surface area contributed by atoms with Crippen molar-refractivity contribution in [3.8, 4) is 0 Å². The molecule has 0 bridgehead atoms. The summed E-state index contributed by atoms with van der Waals surface area (Å²) < 4.78 is 9.89. The number of methoxy groups -OCH3 is 1. The highest BCUT2D eigenvalue weighted by Gasteiger charge is 2.15. The molecule has 6 nitrogen and oxygen atoms in total. The summed E-state index contributed by atoms with van der Waals surface area (Å²) in [5, 5.41) is 2.66. The summed E-state index contributed by atoms with van der Waals surface area (Å²) in [5.41, 5.74) is 2.32. The molecule has 0 heterocycles. The van der Waals surface area contributed by atoms with Crippen LogP contribution in [0.25, 0.3) is 0 Å². The SMILES string of the molecule is COCCONCCCNC(=O)OC(C)(C)C. The third-order valence-electron chi connectivity index (χ3n) is 1.62. The minimum atomic E-state index is -0.453. The van der Waals surface area contributed by atoms with E-state index in [1.165, 1.54) is 0 Å². The Hall–Kier alpha value is -0.850. The highest BCUT2D eigenvalue weighted by molar-refractivity contribution is 5.67. The molecule has 0 rings (SSSR count). The number of rotatable bonds is 8. The Morgan fingerprint density at radius 2 is 1.88 bits per heavy atom. The summed E-state index contributed by atoms with van der Waals surface area (Å²) >= 11 is 0. The maximum Gasteiger partial charge on any atom is 0.407 e. The minimum Gasteiger partial charge on any atom is -0.444 e. The summed E-state index contributed by atoms with van der Waals surface area (Å²) in [4.78, 5) is 16.3. The van der Waals surface area contributed by atoms with Crippen LogP contribution in [0, 0.1) is 0 Å². The van der Waals surface area contributed by atoms with Crippen molar-refractivity contribution in [1.82, 2.24) is 10.8 Å². The van der Waals surface area contributed by atoms with Gasteiger partial charge in [0.25, 0.3) is 0 Å². The summed E-state index contributed by atoms with van der Waals surface area (Å²) in [6.07, 6.45) is 0.379. The molecule has 0 aliphatic carbocycles. The summed E-state index contributed by atoms with van der Waals surface area (Å²) in [6, 6.07) is 0. The van der Waals surface area contributed by atoms with Crippen LogP contribution in [0.1, 0.15) is 27.2 Å². The number of alkyl carbamates (subject to hydrolysis) is 1. The molecule has 0 saturated carbocycles. The number of carbonyl (C=O) groups excluding carboxylic acids is 1. The molecule has 0 aliphatic rings. The van der Waals surface area contributed by atoms with Crippen LogP contribution in [0.4, 0.5) is 4.79 Å². The predicted octanol–water partition coefficient (Wildman–Crippen LogP) is 1.07. The van der Waals surface area contributed by atoms with Crippen molar-refractivity contribution in [3.63, 3.8) is 0 Å². The van der Waals surface area contributed by atoms with Gasteiger partial charge in [0.15, 0.2) is 0 Å². The first-order valence-corrected chi connectivity index (χ1v) is 5.76. The first kappa shape index (κ1) is 16.1. The fourth-order valence-electron chi connectivity index (χ4n) is 0.935. The number of hydrogen-bond acceptors (Lipinski definition) is 5. The Kier molecular flexibility index (Phi) is 8.75. The van der Waals surface area contributed by atoms with Crippen molar-refractivity contribution in [2.75, 3.05) is 33.4 Å². The molecule has 6 heteroatoms. The molecular formula is C11H24N2O4. The Morgan fingerprint density at radius 3 is 2.47 bits per heavy atom. The molecule has 1 amide bonds. The molecule has 0 radical (unpaired) electrons. The van der Waals surface area contributed by atoms with E-state index in [0.717, 1.165) is 6.42 Å². The molecule has 0 aromatic rings. The van der Waals surface area contributed by atoms with Gasteiger partial charge >= 0.3 is 6.09 Å². The van der Waals surface area contributed by atoms with Gasteiger partial charge in [-0.2, -0.15) is 0 Å². The second-order valence-corrected chi connectivity index (χ2v) is 4.52. The number of hydrogen-bond donors (Lipinski definition) is 2. The van der Waals surface area contributed by atoms with Crippen LogP contribution in [-0.2, 0) is 14.3 Å². The fraction of sp³-hybridized carbons (Fsp3) is 0.909. The number of ether oxygens (including phenoxy) is 2. The minimum absolute atomic E-state index is 0.391. The summed E-state index contributed by atoms with van der Waals surface area (Å²) in [7, 11) is 1.62. The van der Waals surface area contributed by atoms with Crippen LogP contribution >= 0.6 is 0 Å². The maximum atomic E-state index is 11.2. The Labute approximate surface area is 103 Å². The van der Waals surface area contributed by atoms with Gasteiger partial charge in [-0.3, -0.25) is 4.84 Å². The van der Waals surface area contributed by atoms with Gasteiger partial charge in [-0.25, -0.2) is 10.3 Å². The van der Waals surface area contributed by atoms with E-state index < -0.39 is 11.7 Å². The van der Waals surface area contributed by atoms with Gasteiger partial charge in [0.1, 0.15) is 5.60 Å². The van der Waals surface area contributed by atoms with Gasteiger partial charge in [0.2, 0.25) is 0 Å². The number of hydroxylamine groups is 1. The second kappa shape index (κ2) is 9.21. The van der Waals surface area contributed by atoms with Crippen LogP contribution in [0.5, 0.6) is 0 Å². The van der Waals surface area contributed by atoms with E-state index in [0.29, 0.717) is 26.3 Å². The van der Waals surface area contributed by atoms with Crippen LogP contribution in [-0.4, -0.2) is 45.1 Å². The maximum absolute atomic E-state index is 11.2. The topological polar surface area (TPSA) is 68.8 Å². The first-order chi connectivity index (χ1) is 7.95. The monoisotopic (exact) mass is 248 g/mol. The van der Waals surface area contributed by atoms with Crippen molar-refractivity contribution in [2.45, 2.75) is 32.8 Å². The number of amides is 1. The predicted molar refractivity (Wildman–Crippen MR) is 64.7 cm³/mol. The van der Waals surface area contributed by atoms with Crippen molar-refractivity contribution in [3.05, 3.63) is 0 Å². The molecule has 0 aliphatic heterocycles. The van der Waals surface area contributed by atoms with E-state index >= 15 is 0 Å². The highest BCUT2D eigenvalue weighted by Crippen LogP contribution is 2.06. The zero-order chi connectivity index (χ0) is 13.1. The van der Waals surface area contributed by atoms with Crippen molar-refractivity contribution in [1.29, 1.82) is 0 Å². The molecule has 0 atom stereocenters. The van der Waals surface area contributed by atoms with E-state index in [-0.39, 0.29) is 0 Å². The largest absolute Gasteiger partial charge is 0.444 e. The van der Waals surface area contributed by atoms with Gasteiger partial charge in [-0.05, 0) is 27.2 Å². The van der Waals surface area contributed by atoms with Crippen LogP contribution < -0.4 is 10.8 Å². The number of carbonyl (C=O) groups is 1. The third-order valence-corrected chi connectivity index (χ3v) is 1.62. The Morgan fingerprint density at radius 1 is 1.18 bits per heavy atom. The van der Waals surface area contributed by atoms with Crippen LogP contribution in [0.2, 0.25) is 0 Å². The van der Waals surface area contributed by atoms with Crippen molar-refractivity contribution < 1.29 is 19.1 Å². The molecular weight excluding hydrogens is 224 g/mol. The van der Waals surface area contributed by atoms with E-state index in [2.05, 4.69) is 10.8 Å². The Balaban J connectivity index is 3.25. The summed E-state index contributed by atoms with van der Waals surface area (Å²) in [5.74, 6) is 0. The molecule has 0 saturated heterocycles. The molecule has 0 aromatic heterocycles. The van der Waals surface area contributed by atoms with Crippen molar-refractivity contribution >= 4 is 6.09 Å². The third kappa shape index (κ3) is 13.1. The summed E-state index contributed by atoms with van der Waals surface area (Å²) in [6.45, 7) is 7.78. The van der Waals surface area contributed by atoms with Gasteiger partial charge < -0.3 is 14.8 Å². The lowest BCUT2D eigenvalue weighted by Gasteiger charge is -2.19. The van der Waals surface area contributed by atoms with E-state index in [1.807, 2.05) is 20.8 Å². The van der Waals surface area contributed by atoms with E-state index in [1.54, 1.807) is 7.11 Å². The normalized spacial score (nSPS) is 11.3. The molecule has 0 unspecified atom stereocenters. The molecule has 0 aromatic carbocycles. The Bertz CT molecular complexity index is 204. The smallest absolute Gasteiger partial charge is 0.407 e. The van der Waals surface area contributed by atoms with Gasteiger partial charge in [-0.1, -0.05) is 0 Å². The lowest BCUT2D eigenvalue weighted by molar-refractivity contribution is 0.00652. The lowest BCUT2D eigenvalue weighted by atomic mass is 10.2. The standard InChI is InChI=1S/C11H24N2O4/c1-11(2,3)17-10(14)12-6-5-7-13-16-9-8-15-4/h13H,5-9H2,1-4H3,(H,12,14). The van der Waals surface area contributed by atoms with Crippen LogP contribution in [0.15, 0.2) is 0 Å². The lowest BCUT2D eigenvalue weighted by Crippen LogP contribution is -2.34. The number of nitrogens with one attached hydrogen (secondary N) is 2. The average Bonchev–Trinajstić information content (AvgIpc) is 2.19. The van der Waals surface area contributed by atoms with E-state index in [4.69, 9.17) is 14.3 Å². The van der Waals surface area contributed by atoms with Gasteiger partial charge in [0, 0.05) is 20.2 Å². The molecule has 102 valence electrons. The zero-order valence-corrected chi connectivity index (χ0v) is 11.2. The fourth-order valence-corrected chi connectivity index (χ4v) is 0.935. The van der Waals surface area contributed by atoms with E-state index in [9.17, 15) is 4.79 Å². The van der Waals surface area contributed by atoms with Crippen LogP contribution in [0.3, 0.4) is 0 Å². The molecule has 2 N–H and O–H groups in total. The quantitative estimate of drug-likeness (QED) is 0.497. The van der Waals surface area contributed by atoms with Gasteiger partial charge in [-0.15, -0.1) is 0 Å². The van der Waals surface area contributed by atoms with Crippen molar-refractivity contribution in [2.24, 2.45) is 0 Å². The molecule has 17 heavy (non-hydrogen) atoms. The molecule has 0 spiro atoms. The van der Waals surface area contributed by atoms with Gasteiger partial charge in [0.05, 0.1) is 13.2 Å². The second-order valence-electron chi connectivity index (χ2n) is 4.52.